The van der Waals surface area contributed by atoms with Gasteiger partial charge in [0.2, 0.25) is 15.9 Å². The predicted octanol–water partition coefficient (Wildman–Crippen LogP) is 4.15. The molecule has 0 saturated heterocycles. The Morgan fingerprint density at radius 3 is 2.18 bits per heavy atom. The molecule has 0 saturated carbocycles. The number of benzene rings is 3. The Balaban J connectivity index is 1.98. The molecular formula is C25H28N2O5S. The smallest absolute Gasteiger partial charge is 0.247 e. The van der Waals surface area contributed by atoms with Gasteiger partial charge >= 0.3 is 0 Å². The molecule has 0 aromatic heterocycles. The molecule has 1 N–H and O–H groups in total. The van der Waals surface area contributed by atoms with Crippen LogP contribution in [0.1, 0.15) is 16.7 Å². The van der Waals surface area contributed by atoms with E-state index in [0.717, 1.165) is 21.0 Å². The van der Waals surface area contributed by atoms with Crippen molar-refractivity contribution in [1.29, 1.82) is 0 Å². The zero-order chi connectivity index (χ0) is 24.0. The number of aryl methyl sites for hydroxylation is 2. The third-order valence-electron chi connectivity index (χ3n) is 5.26. The van der Waals surface area contributed by atoms with Gasteiger partial charge in [-0.15, -0.1) is 0 Å². The Morgan fingerprint density at radius 2 is 1.58 bits per heavy atom. The molecule has 1 amide bonds. The largest absolute Gasteiger partial charge is 0.497 e. The van der Waals surface area contributed by atoms with Crippen LogP contribution < -0.4 is 14.8 Å². The lowest BCUT2D eigenvalue weighted by Crippen LogP contribution is -2.38. The summed E-state index contributed by atoms with van der Waals surface area (Å²) in [5.74, 6) is 0.104. The third-order valence-corrected chi connectivity index (χ3v) is 7.07. The highest BCUT2D eigenvalue weighted by Crippen LogP contribution is 2.31. The number of carbonyl (C=O) groups is 1. The first-order chi connectivity index (χ1) is 15.8. The highest BCUT2D eigenvalue weighted by molar-refractivity contribution is 7.89. The van der Waals surface area contributed by atoms with E-state index in [1.807, 2.05) is 62.4 Å². The van der Waals surface area contributed by atoms with E-state index in [2.05, 4.69) is 5.32 Å². The van der Waals surface area contributed by atoms with Crippen molar-refractivity contribution in [3.05, 3.63) is 83.4 Å². The molecule has 0 atom stereocenters. The van der Waals surface area contributed by atoms with Crippen molar-refractivity contribution < 1.29 is 22.7 Å². The number of carbonyl (C=O) groups excluding carboxylic acids is 1. The summed E-state index contributed by atoms with van der Waals surface area (Å²) in [4.78, 5) is 12.9. The van der Waals surface area contributed by atoms with Crippen LogP contribution in [-0.2, 0) is 21.4 Å². The molecule has 3 aromatic carbocycles. The molecule has 33 heavy (non-hydrogen) atoms. The van der Waals surface area contributed by atoms with E-state index < -0.39 is 15.9 Å². The van der Waals surface area contributed by atoms with Crippen molar-refractivity contribution in [3.63, 3.8) is 0 Å². The quantitative estimate of drug-likeness (QED) is 0.510. The lowest BCUT2D eigenvalue weighted by Gasteiger charge is -2.23. The highest BCUT2D eigenvalue weighted by atomic mass is 32.2. The van der Waals surface area contributed by atoms with Crippen LogP contribution >= 0.6 is 0 Å². The number of amides is 1. The number of ether oxygens (including phenoxy) is 2. The van der Waals surface area contributed by atoms with Gasteiger partial charge in [0.1, 0.15) is 16.4 Å². The minimum absolute atomic E-state index is 0.0176. The summed E-state index contributed by atoms with van der Waals surface area (Å²) in [6.07, 6.45) is 0. The van der Waals surface area contributed by atoms with Gasteiger partial charge in [0, 0.05) is 18.3 Å². The summed E-state index contributed by atoms with van der Waals surface area (Å²) in [5, 5.41) is 2.87. The molecule has 0 bridgehead atoms. The number of methoxy groups -OCH3 is 2. The minimum Gasteiger partial charge on any atom is -0.497 e. The van der Waals surface area contributed by atoms with Crippen molar-refractivity contribution in [1.82, 2.24) is 4.31 Å². The molecule has 0 fully saturated rings. The van der Waals surface area contributed by atoms with Crippen molar-refractivity contribution in [2.24, 2.45) is 0 Å². The number of rotatable bonds is 9. The van der Waals surface area contributed by atoms with Gasteiger partial charge in [-0.1, -0.05) is 48.5 Å². The molecule has 3 aromatic rings. The molecule has 0 aliphatic rings. The lowest BCUT2D eigenvalue weighted by molar-refractivity contribution is -0.116. The van der Waals surface area contributed by atoms with Crippen molar-refractivity contribution in [2.75, 3.05) is 26.1 Å². The van der Waals surface area contributed by atoms with Crippen LogP contribution in [0.15, 0.2) is 71.6 Å². The Hall–Kier alpha value is -3.36. The molecule has 7 nitrogen and oxygen atoms in total. The zero-order valence-corrected chi connectivity index (χ0v) is 20.0. The van der Waals surface area contributed by atoms with E-state index in [0.29, 0.717) is 11.4 Å². The maximum atomic E-state index is 13.7. The number of hydrogen-bond donors (Lipinski definition) is 1. The normalized spacial score (nSPS) is 11.3. The van der Waals surface area contributed by atoms with E-state index in [-0.39, 0.29) is 23.7 Å². The Kier molecular flexibility index (Phi) is 7.73. The topological polar surface area (TPSA) is 84.9 Å². The Morgan fingerprint density at radius 1 is 0.909 bits per heavy atom. The molecule has 0 aliphatic carbocycles. The fourth-order valence-electron chi connectivity index (χ4n) is 3.49. The van der Waals surface area contributed by atoms with E-state index >= 15 is 0 Å². The molecule has 0 unspecified atom stereocenters. The van der Waals surface area contributed by atoms with Gasteiger partial charge in [0.15, 0.2) is 0 Å². The van der Waals surface area contributed by atoms with Gasteiger partial charge in [0.05, 0.1) is 20.8 Å². The molecule has 8 heteroatoms. The summed E-state index contributed by atoms with van der Waals surface area (Å²) >= 11 is 0. The SMILES string of the molecule is COc1ccc(OC)c(S(=O)(=O)N(CC(=O)Nc2c(C)cccc2C)Cc2ccccc2)c1. The van der Waals surface area contributed by atoms with Crippen LogP contribution in [0.2, 0.25) is 0 Å². The number of hydrogen-bond acceptors (Lipinski definition) is 5. The fourth-order valence-corrected chi connectivity index (χ4v) is 5.04. The van der Waals surface area contributed by atoms with Crippen LogP contribution in [-0.4, -0.2) is 39.4 Å². The van der Waals surface area contributed by atoms with Crippen LogP contribution in [0.3, 0.4) is 0 Å². The molecule has 174 valence electrons. The van der Waals surface area contributed by atoms with Gasteiger partial charge in [0.25, 0.3) is 0 Å². The average Bonchev–Trinajstić information content (AvgIpc) is 2.81. The van der Waals surface area contributed by atoms with Gasteiger partial charge in [-0.05, 0) is 42.7 Å². The van der Waals surface area contributed by atoms with Gasteiger partial charge in [-0.25, -0.2) is 8.42 Å². The maximum absolute atomic E-state index is 13.7. The molecular weight excluding hydrogens is 440 g/mol. The molecule has 0 spiro atoms. The number of nitrogens with zero attached hydrogens (tertiary/aromatic N) is 1. The Labute approximate surface area is 195 Å². The van der Waals surface area contributed by atoms with Crippen LogP contribution in [0.25, 0.3) is 0 Å². The van der Waals surface area contributed by atoms with Crippen LogP contribution in [0.5, 0.6) is 11.5 Å². The number of anilines is 1. The monoisotopic (exact) mass is 468 g/mol. The second-order valence-electron chi connectivity index (χ2n) is 7.59. The first-order valence-electron chi connectivity index (χ1n) is 10.4. The summed E-state index contributed by atoms with van der Waals surface area (Å²) < 4.78 is 39.1. The highest BCUT2D eigenvalue weighted by Gasteiger charge is 2.30. The maximum Gasteiger partial charge on any atom is 0.247 e. The average molecular weight is 469 g/mol. The zero-order valence-electron chi connectivity index (χ0n) is 19.2. The number of para-hydroxylation sites is 1. The first-order valence-corrected chi connectivity index (χ1v) is 11.8. The number of nitrogens with one attached hydrogen (secondary N) is 1. The van der Waals surface area contributed by atoms with Gasteiger partial charge in [-0.3, -0.25) is 4.79 Å². The summed E-state index contributed by atoms with van der Waals surface area (Å²) in [6, 6.07) is 19.4. The van der Waals surface area contributed by atoms with Crippen LogP contribution in [0.4, 0.5) is 5.69 Å². The summed E-state index contributed by atoms with van der Waals surface area (Å²) in [5.41, 5.74) is 3.23. The second kappa shape index (κ2) is 10.5. The molecule has 0 heterocycles. The van der Waals surface area contributed by atoms with Crippen molar-refractivity contribution in [3.8, 4) is 11.5 Å². The number of sulfonamides is 1. The van der Waals surface area contributed by atoms with E-state index in [4.69, 9.17) is 9.47 Å². The Bertz CT molecular complexity index is 1210. The van der Waals surface area contributed by atoms with Gasteiger partial charge in [-0.2, -0.15) is 4.31 Å². The fraction of sp³-hybridized carbons (Fsp3) is 0.240. The van der Waals surface area contributed by atoms with E-state index in [1.165, 1.54) is 26.4 Å². The summed E-state index contributed by atoms with van der Waals surface area (Å²) in [7, 11) is -1.26. The lowest BCUT2D eigenvalue weighted by atomic mass is 10.1. The molecule has 0 aliphatic heterocycles. The predicted molar refractivity (Wildman–Crippen MR) is 128 cm³/mol. The van der Waals surface area contributed by atoms with Crippen molar-refractivity contribution >= 4 is 21.6 Å². The van der Waals surface area contributed by atoms with E-state index in [1.54, 1.807) is 6.07 Å². The van der Waals surface area contributed by atoms with Crippen LogP contribution in [0, 0.1) is 13.8 Å². The summed E-state index contributed by atoms with van der Waals surface area (Å²) in [6.45, 7) is 3.43. The molecule has 0 radical (unpaired) electrons. The second-order valence-corrected chi connectivity index (χ2v) is 9.50. The standard InChI is InChI=1S/C25H28N2O5S/c1-18-9-8-10-19(2)25(18)26-24(28)17-27(16-20-11-6-5-7-12-20)33(29,30)23-15-21(31-3)13-14-22(23)32-4/h5-15H,16-17H2,1-4H3,(H,26,28). The first kappa shape index (κ1) is 24.3. The molecule has 3 rings (SSSR count). The van der Waals surface area contributed by atoms with Crippen molar-refractivity contribution in [2.45, 2.75) is 25.3 Å². The van der Waals surface area contributed by atoms with Gasteiger partial charge < -0.3 is 14.8 Å². The third kappa shape index (κ3) is 5.71. The van der Waals surface area contributed by atoms with E-state index in [9.17, 15) is 13.2 Å². The minimum atomic E-state index is -4.11.